The molecule has 13 heteroatoms. The first-order valence-corrected chi connectivity index (χ1v) is 11.7. The van der Waals surface area contributed by atoms with Gasteiger partial charge in [0.25, 0.3) is 5.91 Å². The van der Waals surface area contributed by atoms with E-state index in [4.69, 9.17) is 20.6 Å². The Morgan fingerprint density at radius 3 is 2.30 bits per heavy atom. The van der Waals surface area contributed by atoms with Crippen LogP contribution in [0.4, 0.5) is 13.2 Å². The van der Waals surface area contributed by atoms with E-state index in [2.05, 4.69) is 25.7 Å². The van der Waals surface area contributed by atoms with Crippen LogP contribution in [0.25, 0.3) is 33.3 Å². The van der Waals surface area contributed by atoms with E-state index < -0.39 is 12.1 Å². The number of hydrogen-bond acceptors (Lipinski definition) is 7. The van der Waals surface area contributed by atoms with Gasteiger partial charge in [-0.3, -0.25) is 9.78 Å². The Balaban J connectivity index is 0.000000470. The van der Waals surface area contributed by atoms with Crippen molar-refractivity contribution in [3.63, 3.8) is 0 Å². The van der Waals surface area contributed by atoms with E-state index in [0.717, 1.165) is 27.9 Å². The van der Waals surface area contributed by atoms with Crippen molar-refractivity contribution < 1.29 is 27.9 Å². The van der Waals surface area contributed by atoms with Gasteiger partial charge in [0.1, 0.15) is 11.4 Å². The summed E-state index contributed by atoms with van der Waals surface area (Å²) in [5, 5.41) is 20.9. The van der Waals surface area contributed by atoms with Gasteiger partial charge in [-0.15, -0.1) is 0 Å². The second-order valence-corrected chi connectivity index (χ2v) is 8.32. The molecule has 0 radical (unpaired) electrons. The summed E-state index contributed by atoms with van der Waals surface area (Å²) in [6, 6.07) is 21.9. The number of nitrogens with zero attached hydrogens (tertiary/aromatic N) is 4. The second-order valence-electron chi connectivity index (χ2n) is 8.32. The normalized spacial score (nSPS) is 11.0. The number of rotatable bonds is 6. The molecule has 0 saturated carbocycles. The number of aromatic nitrogens is 5. The SMILES string of the molecule is NCc1ccc(-c2nc3ccnc(C(=O)NCc4cn[nH]n4)c3cc2-c2ccccc2)cc1.O=C(O)C(F)(F)F. The van der Waals surface area contributed by atoms with E-state index in [0.29, 0.717) is 28.8 Å². The van der Waals surface area contributed by atoms with E-state index in [-0.39, 0.29) is 12.5 Å². The van der Waals surface area contributed by atoms with Crippen molar-refractivity contribution >= 4 is 22.8 Å². The summed E-state index contributed by atoms with van der Waals surface area (Å²) in [5.74, 6) is -3.06. The van der Waals surface area contributed by atoms with Gasteiger partial charge in [0.2, 0.25) is 0 Å². The van der Waals surface area contributed by atoms with E-state index in [9.17, 15) is 18.0 Å². The van der Waals surface area contributed by atoms with Gasteiger partial charge in [-0.05, 0) is 23.3 Å². The molecule has 2 aromatic carbocycles. The molecule has 0 bridgehead atoms. The highest BCUT2D eigenvalue weighted by molar-refractivity contribution is 6.06. The number of pyridine rings is 2. The maximum atomic E-state index is 13.0. The monoisotopic (exact) mass is 549 g/mol. The zero-order valence-corrected chi connectivity index (χ0v) is 20.7. The van der Waals surface area contributed by atoms with Crippen LogP contribution in [-0.2, 0) is 17.9 Å². The van der Waals surface area contributed by atoms with Crippen LogP contribution in [0.2, 0.25) is 0 Å². The predicted molar refractivity (Wildman–Crippen MR) is 140 cm³/mol. The summed E-state index contributed by atoms with van der Waals surface area (Å²) in [7, 11) is 0. The molecule has 1 amide bonds. The Kier molecular flexibility index (Phi) is 8.45. The van der Waals surface area contributed by atoms with Gasteiger partial charge in [0.05, 0.1) is 24.0 Å². The molecule has 40 heavy (non-hydrogen) atoms. The molecule has 204 valence electrons. The lowest BCUT2D eigenvalue weighted by Gasteiger charge is -2.13. The zero-order chi connectivity index (χ0) is 28.7. The number of carbonyl (C=O) groups is 2. The summed E-state index contributed by atoms with van der Waals surface area (Å²) in [6.07, 6.45) is -1.92. The molecular weight excluding hydrogens is 527 g/mol. The molecule has 0 fully saturated rings. The first kappa shape index (κ1) is 27.9. The Hall–Kier alpha value is -5.17. The van der Waals surface area contributed by atoms with Crippen LogP contribution in [0.3, 0.4) is 0 Å². The largest absolute Gasteiger partial charge is 0.490 e. The summed E-state index contributed by atoms with van der Waals surface area (Å²) >= 11 is 0. The second kappa shape index (κ2) is 12.1. The number of amides is 1. The Morgan fingerprint density at radius 2 is 1.70 bits per heavy atom. The molecule has 0 unspecified atom stereocenters. The zero-order valence-electron chi connectivity index (χ0n) is 20.7. The number of hydrogen-bond donors (Lipinski definition) is 4. The highest BCUT2D eigenvalue weighted by Crippen LogP contribution is 2.34. The topological polar surface area (TPSA) is 160 Å². The third-order valence-corrected chi connectivity index (χ3v) is 5.64. The summed E-state index contributed by atoms with van der Waals surface area (Å²) in [4.78, 5) is 31.2. The van der Waals surface area contributed by atoms with Crippen LogP contribution < -0.4 is 11.1 Å². The number of nitrogens with one attached hydrogen (secondary N) is 2. The smallest absolute Gasteiger partial charge is 0.475 e. The maximum absolute atomic E-state index is 13.0. The van der Waals surface area contributed by atoms with Gasteiger partial charge in [-0.25, -0.2) is 9.78 Å². The van der Waals surface area contributed by atoms with Gasteiger partial charge in [-0.1, -0.05) is 54.6 Å². The number of H-pyrrole nitrogens is 1. The number of carboxylic acids is 1. The fraction of sp³-hybridized carbons (Fsp3) is 0.111. The quantitative estimate of drug-likeness (QED) is 0.246. The Labute approximate surface area is 225 Å². The molecular formula is C27H22F3N7O3. The van der Waals surface area contributed by atoms with Gasteiger partial charge in [0, 0.05) is 29.3 Å². The number of carbonyl (C=O) groups excluding carboxylic acids is 1. The Bertz CT molecular complexity index is 1610. The molecule has 10 nitrogen and oxygen atoms in total. The van der Waals surface area contributed by atoms with Crippen LogP contribution in [0.15, 0.2) is 79.1 Å². The van der Waals surface area contributed by atoms with Crippen molar-refractivity contribution in [1.29, 1.82) is 0 Å². The van der Waals surface area contributed by atoms with Crippen LogP contribution in [0, 0.1) is 0 Å². The van der Waals surface area contributed by atoms with E-state index >= 15 is 0 Å². The third-order valence-electron chi connectivity index (χ3n) is 5.64. The maximum Gasteiger partial charge on any atom is 0.490 e. The van der Waals surface area contributed by atoms with Crippen molar-refractivity contribution in [1.82, 2.24) is 30.7 Å². The Morgan fingerprint density at radius 1 is 1.00 bits per heavy atom. The van der Waals surface area contributed by atoms with E-state index in [1.54, 1.807) is 12.4 Å². The first-order valence-electron chi connectivity index (χ1n) is 11.7. The number of fused-ring (bicyclic) bond motifs is 1. The fourth-order valence-electron chi connectivity index (χ4n) is 3.70. The standard InChI is InChI=1S/C25H21N7O.C2HF3O2/c26-13-16-6-8-18(9-7-16)23-20(17-4-2-1-3-5-17)12-21-22(30-23)10-11-27-24(21)25(33)28-14-19-15-29-32-31-19;3-2(4,5)1(6)7/h1-12,15H,13-14,26H2,(H,28,33)(H,29,31,32);(H,6,7). The number of aliphatic carboxylic acids is 1. The molecule has 0 saturated heterocycles. The minimum Gasteiger partial charge on any atom is -0.475 e. The lowest BCUT2D eigenvalue weighted by Crippen LogP contribution is -2.24. The molecule has 3 heterocycles. The predicted octanol–water partition coefficient (Wildman–Crippen LogP) is 4.10. The summed E-state index contributed by atoms with van der Waals surface area (Å²) in [6.45, 7) is 0.730. The fourth-order valence-corrected chi connectivity index (χ4v) is 3.70. The average Bonchev–Trinajstić information content (AvgIpc) is 3.49. The van der Waals surface area contributed by atoms with Gasteiger partial charge < -0.3 is 16.2 Å². The number of nitrogens with two attached hydrogens (primary N) is 1. The molecule has 5 N–H and O–H groups in total. The van der Waals surface area contributed by atoms with Gasteiger partial charge >= 0.3 is 12.1 Å². The highest BCUT2D eigenvalue weighted by atomic mass is 19.4. The number of alkyl halides is 3. The van der Waals surface area contributed by atoms with Crippen LogP contribution in [0.1, 0.15) is 21.7 Å². The molecule has 5 rings (SSSR count). The number of carboxylic acid groups (broad SMARTS) is 1. The molecule has 0 aliphatic carbocycles. The van der Waals surface area contributed by atoms with Gasteiger partial charge in [-0.2, -0.15) is 28.6 Å². The third kappa shape index (κ3) is 6.63. The number of halogens is 3. The molecule has 0 spiro atoms. The van der Waals surface area contributed by atoms with Crippen LogP contribution in [0.5, 0.6) is 0 Å². The van der Waals surface area contributed by atoms with Crippen molar-refractivity contribution in [2.45, 2.75) is 19.3 Å². The first-order chi connectivity index (χ1) is 19.2. The molecule has 0 aliphatic heterocycles. The summed E-state index contributed by atoms with van der Waals surface area (Å²) in [5.41, 5.74) is 12.2. The van der Waals surface area contributed by atoms with Crippen molar-refractivity contribution in [2.75, 3.05) is 0 Å². The lowest BCUT2D eigenvalue weighted by molar-refractivity contribution is -0.192. The number of aromatic amines is 1. The van der Waals surface area contributed by atoms with Crippen LogP contribution in [-0.4, -0.2) is 48.5 Å². The molecule has 3 aromatic heterocycles. The van der Waals surface area contributed by atoms with E-state index in [1.165, 1.54) is 0 Å². The lowest BCUT2D eigenvalue weighted by atomic mass is 9.96. The van der Waals surface area contributed by atoms with Crippen molar-refractivity contribution in [3.05, 3.63) is 96.1 Å². The molecule has 0 atom stereocenters. The van der Waals surface area contributed by atoms with Crippen molar-refractivity contribution in [2.24, 2.45) is 5.73 Å². The molecule has 0 aliphatic rings. The van der Waals surface area contributed by atoms with Gasteiger partial charge in [0.15, 0.2) is 0 Å². The minimum absolute atomic E-state index is 0.248. The molecule has 5 aromatic rings. The average molecular weight is 550 g/mol. The highest BCUT2D eigenvalue weighted by Gasteiger charge is 2.38. The van der Waals surface area contributed by atoms with Crippen molar-refractivity contribution in [3.8, 4) is 22.4 Å². The van der Waals surface area contributed by atoms with Crippen LogP contribution >= 0.6 is 0 Å². The number of benzene rings is 2. The van der Waals surface area contributed by atoms with E-state index in [1.807, 2.05) is 66.7 Å². The minimum atomic E-state index is -5.08. The summed E-state index contributed by atoms with van der Waals surface area (Å²) < 4.78 is 31.7.